The molecular formula is C64H43N3. The lowest BCUT2D eigenvalue weighted by Crippen LogP contribution is -2.09. The standard InChI is InChI=1S/C64H43N3/c1-2-15-50(16-3-1)67-63-24-11-8-20-59(63)60-42-33-49(43-64(60)67)46-29-36-52(37-30-46)65(53-40-31-48(32-41-53)56-21-12-14-47-13-4-5-17-55(47)56)51-34-25-44(26-35-51)45-27-38-54(39-28-45)66-61-22-9-6-18-57(61)58-19-7-10-23-62(58)66/h1-43H. The molecule has 2 aromatic heterocycles. The highest BCUT2D eigenvalue weighted by atomic mass is 15.1. The molecule has 3 heteroatoms. The molecule has 0 fully saturated rings. The molecule has 3 nitrogen and oxygen atoms in total. The zero-order valence-corrected chi connectivity index (χ0v) is 36.7. The second kappa shape index (κ2) is 16.0. The average molecular weight is 854 g/mol. The Morgan fingerprint density at radius 2 is 0.627 bits per heavy atom. The summed E-state index contributed by atoms with van der Waals surface area (Å²) in [4.78, 5) is 2.36. The van der Waals surface area contributed by atoms with E-state index < -0.39 is 0 Å². The highest BCUT2D eigenvalue weighted by molar-refractivity contribution is 6.11. The number of anilines is 3. The predicted octanol–water partition coefficient (Wildman–Crippen LogP) is 17.5. The van der Waals surface area contributed by atoms with E-state index in [9.17, 15) is 0 Å². The summed E-state index contributed by atoms with van der Waals surface area (Å²) in [5.74, 6) is 0. The van der Waals surface area contributed by atoms with Crippen molar-refractivity contribution in [3.8, 4) is 44.8 Å². The first-order chi connectivity index (χ1) is 33.2. The predicted molar refractivity (Wildman–Crippen MR) is 284 cm³/mol. The average Bonchev–Trinajstić information content (AvgIpc) is 3.92. The maximum atomic E-state index is 2.38. The SMILES string of the molecule is c1ccc(-n2c3ccccc3c3ccc(-c4ccc(N(c5ccc(-c6ccc(-n7c8ccccc8c8ccccc87)cc6)cc5)c5ccc(-c6cccc7ccccc67)cc5)cc4)cc32)cc1. The Labute approximate surface area is 389 Å². The van der Waals surface area contributed by atoms with E-state index in [1.54, 1.807) is 0 Å². The zero-order chi connectivity index (χ0) is 44.3. The van der Waals surface area contributed by atoms with E-state index >= 15 is 0 Å². The maximum Gasteiger partial charge on any atom is 0.0547 e. The summed E-state index contributed by atoms with van der Waals surface area (Å²) in [5, 5.41) is 7.54. The van der Waals surface area contributed by atoms with Gasteiger partial charge in [0, 0.05) is 50.0 Å². The van der Waals surface area contributed by atoms with E-state index in [4.69, 9.17) is 0 Å². The van der Waals surface area contributed by atoms with Gasteiger partial charge in [-0.3, -0.25) is 0 Å². The number of hydrogen-bond donors (Lipinski definition) is 0. The van der Waals surface area contributed by atoms with E-state index in [1.165, 1.54) is 87.8 Å². The molecule has 67 heavy (non-hydrogen) atoms. The molecule has 0 aliphatic carbocycles. The van der Waals surface area contributed by atoms with Gasteiger partial charge >= 0.3 is 0 Å². The van der Waals surface area contributed by atoms with Gasteiger partial charge in [0.2, 0.25) is 0 Å². The summed E-state index contributed by atoms with van der Waals surface area (Å²) in [6.45, 7) is 0. The Bertz CT molecular complexity index is 3880. The molecule has 2 heterocycles. The van der Waals surface area contributed by atoms with Crippen molar-refractivity contribution < 1.29 is 0 Å². The van der Waals surface area contributed by atoms with Crippen molar-refractivity contribution in [1.29, 1.82) is 0 Å². The zero-order valence-electron chi connectivity index (χ0n) is 36.7. The van der Waals surface area contributed by atoms with Crippen LogP contribution in [-0.4, -0.2) is 9.13 Å². The monoisotopic (exact) mass is 853 g/mol. The van der Waals surface area contributed by atoms with Crippen LogP contribution in [0.3, 0.4) is 0 Å². The third-order valence-corrected chi connectivity index (χ3v) is 13.5. The van der Waals surface area contributed by atoms with Gasteiger partial charge in [0.05, 0.1) is 22.1 Å². The molecule has 0 atom stereocenters. The third kappa shape index (κ3) is 6.59. The summed E-state index contributed by atoms with van der Waals surface area (Å²) in [6.07, 6.45) is 0. The van der Waals surface area contributed by atoms with Crippen molar-refractivity contribution in [1.82, 2.24) is 9.13 Å². The van der Waals surface area contributed by atoms with Gasteiger partial charge in [-0.2, -0.15) is 0 Å². The van der Waals surface area contributed by atoms with Crippen LogP contribution in [0.25, 0.3) is 99.1 Å². The van der Waals surface area contributed by atoms with Crippen molar-refractivity contribution in [2.45, 2.75) is 0 Å². The molecule has 13 rings (SSSR count). The number of hydrogen-bond acceptors (Lipinski definition) is 1. The number of para-hydroxylation sites is 4. The van der Waals surface area contributed by atoms with Crippen molar-refractivity contribution in [2.75, 3.05) is 4.90 Å². The van der Waals surface area contributed by atoms with Crippen molar-refractivity contribution >= 4 is 71.4 Å². The van der Waals surface area contributed by atoms with E-state index in [0.717, 1.165) is 28.4 Å². The maximum absolute atomic E-state index is 2.38. The molecule has 0 bridgehead atoms. The van der Waals surface area contributed by atoms with Crippen molar-refractivity contribution in [3.63, 3.8) is 0 Å². The molecule has 0 spiro atoms. The number of fused-ring (bicyclic) bond motifs is 7. The second-order valence-corrected chi connectivity index (χ2v) is 17.3. The summed E-state index contributed by atoms with van der Waals surface area (Å²) >= 11 is 0. The van der Waals surface area contributed by atoms with Crippen LogP contribution in [0.1, 0.15) is 0 Å². The lowest BCUT2D eigenvalue weighted by atomic mass is 9.98. The van der Waals surface area contributed by atoms with Crippen molar-refractivity contribution in [2.24, 2.45) is 0 Å². The molecule has 11 aromatic carbocycles. The van der Waals surface area contributed by atoms with Crippen molar-refractivity contribution in [3.05, 3.63) is 261 Å². The summed E-state index contributed by atoms with van der Waals surface area (Å²) in [6, 6.07) is 94.8. The summed E-state index contributed by atoms with van der Waals surface area (Å²) in [7, 11) is 0. The van der Waals surface area contributed by atoms with E-state index in [0.29, 0.717) is 0 Å². The van der Waals surface area contributed by atoms with Crippen LogP contribution in [0.4, 0.5) is 17.1 Å². The molecule has 0 aliphatic heterocycles. The van der Waals surface area contributed by atoms with Gasteiger partial charge in [-0.25, -0.2) is 0 Å². The van der Waals surface area contributed by atoms with Crippen LogP contribution in [-0.2, 0) is 0 Å². The molecule has 0 amide bonds. The van der Waals surface area contributed by atoms with E-state index in [-0.39, 0.29) is 0 Å². The molecule has 314 valence electrons. The van der Waals surface area contributed by atoms with Crippen LogP contribution in [0.5, 0.6) is 0 Å². The second-order valence-electron chi connectivity index (χ2n) is 17.3. The van der Waals surface area contributed by atoms with Gasteiger partial charge in [-0.15, -0.1) is 0 Å². The smallest absolute Gasteiger partial charge is 0.0547 e. The number of aromatic nitrogens is 2. The number of rotatable bonds is 8. The highest BCUT2D eigenvalue weighted by Gasteiger charge is 2.17. The van der Waals surface area contributed by atoms with Crippen LogP contribution in [0.2, 0.25) is 0 Å². The summed E-state index contributed by atoms with van der Waals surface area (Å²) in [5.41, 5.74) is 17.5. The molecule has 0 N–H and O–H groups in total. The van der Waals surface area contributed by atoms with Gasteiger partial charge in [-0.05, 0) is 129 Å². The molecule has 0 saturated carbocycles. The molecule has 13 aromatic rings. The van der Waals surface area contributed by atoms with Crippen LogP contribution in [0.15, 0.2) is 261 Å². The van der Waals surface area contributed by atoms with Gasteiger partial charge in [-0.1, -0.05) is 176 Å². The number of nitrogens with zero attached hydrogens (tertiary/aromatic N) is 3. The molecule has 0 saturated heterocycles. The van der Waals surface area contributed by atoms with Crippen LogP contribution >= 0.6 is 0 Å². The number of benzene rings is 11. The first-order valence-electron chi connectivity index (χ1n) is 23.0. The Morgan fingerprint density at radius 3 is 1.19 bits per heavy atom. The molecular weight excluding hydrogens is 811 g/mol. The van der Waals surface area contributed by atoms with Gasteiger partial charge in [0.1, 0.15) is 0 Å². The molecule has 0 unspecified atom stereocenters. The van der Waals surface area contributed by atoms with Gasteiger partial charge in [0.25, 0.3) is 0 Å². The van der Waals surface area contributed by atoms with Crippen LogP contribution < -0.4 is 4.90 Å². The fourth-order valence-electron chi connectivity index (χ4n) is 10.3. The minimum absolute atomic E-state index is 1.09. The quantitative estimate of drug-likeness (QED) is 0.148. The van der Waals surface area contributed by atoms with Gasteiger partial charge < -0.3 is 14.0 Å². The largest absolute Gasteiger partial charge is 0.311 e. The van der Waals surface area contributed by atoms with Crippen LogP contribution in [0, 0.1) is 0 Å². The summed E-state index contributed by atoms with van der Waals surface area (Å²) < 4.78 is 4.75. The Kier molecular flexibility index (Phi) is 9.17. The molecule has 0 aliphatic rings. The fourth-order valence-corrected chi connectivity index (χ4v) is 10.3. The van der Waals surface area contributed by atoms with E-state index in [2.05, 4.69) is 275 Å². The van der Waals surface area contributed by atoms with E-state index in [1.807, 2.05) is 0 Å². The normalized spacial score (nSPS) is 11.6. The lowest BCUT2D eigenvalue weighted by molar-refractivity contribution is 1.18. The highest BCUT2D eigenvalue weighted by Crippen LogP contribution is 2.40. The topological polar surface area (TPSA) is 13.1 Å². The Hall–Kier alpha value is -8.92. The lowest BCUT2D eigenvalue weighted by Gasteiger charge is -2.26. The Balaban J connectivity index is 0.867. The minimum atomic E-state index is 1.09. The molecule has 0 radical (unpaired) electrons. The minimum Gasteiger partial charge on any atom is -0.311 e. The Morgan fingerprint density at radius 1 is 0.239 bits per heavy atom. The first-order valence-corrected chi connectivity index (χ1v) is 23.0. The fraction of sp³-hybridized carbons (Fsp3) is 0. The van der Waals surface area contributed by atoms with Gasteiger partial charge in [0.15, 0.2) is 0 Å². The first kappa shape index (κ1) is 38.5. The third-order valence-electron chi connectivity index (χ3n) is 13.5.